The fourth-order valence-corrected chi connectivity index (χ4v) is 0.417. The van der Waals surface area contributed by atoms with Gasteiger partial charge in [-0.1, -0.05) is 13.0 Å². The van der Waals surface area contributed by atoms with E-state index in [9.17, 15) is 5.11 Å². The molecule has 0 aliphatic rings. The SMILES string of the molecule is C=CCNC(C)(O)CC.Cl. The van der Waals surface area contributed by atoms with Gasteiger partial charge in [-0.2, -0.15) is 0 Å². The average Bonchev–Trinajstić information content (AvgIpc) is 1.84. The molecule has 0 aromatic heterocycles. The van der Waals surface area contributed by atoms with Gasteiger partial charge in [0.25, 0.3) is 0 Å². The van der Waals surface area contributed by atoms with E-state index in [1.807, 2.05) is 6.92 Å². The Morgan fingerprint density at radius 1 is 1.70 bits per heavy atom. The highest BCUT2D eigenvalue weighted by Crippen LogP contribution is 2.01. The molecule has 0 amide bonds. The van der Waals surface area contributed by atoms with Gasteiger partial charge in [0.05, 0.1) is 0 Å². The van der Waals surface area contributed by atoms with E-state index >= 15 is 0 Å². The summed E-state index contributed by atoms with van der Waals surface area (Å²) in [6.07, 6.45) is 2.44. The summed E-state index contributed by atoms with van der Waals surface area (Å²) in [5, 5.41) is 12.2. The minimum Gasteiger partial charge on any atom is -0.376 e. The molecular formula is C7H16ClNO. The summed E-state index contributed by atoms with van der Waals surface area (Å²) in [6, 6.07) is 0. The van der Waals surface area contributed by atoms with E-state index in [0.717, 1.165) is 0 Å². The summed E-state index contributed by atoms with van der Waals surface area (Å²) < 4.78 is 0. The maximum absolute atomic E-state index is 9.30. The molecule has 2 N–H and O–H groups in total. The highest BCUT2D eigenvalue weighted by Gasteiger charge is 2.13. The van der Waals surface area contributed by atoms with Crippen LogP contribution in [0, 0.1) is 0 Å². The fourth-order valence-electron chi connectivity index (χ4n) is 0.417. The van der Waals surface area contributed by atoms with Crippen molar-refractivity contribution in [2.75, 3.05) is 6.54 Å². The molecule has 0 aromatic carbocycles. The topological polar surface area (TPSA) is 32.3 Å². The smallest absolute Gasteiger partial charge is 0.113 e. The molecule has 1 atom stereocenters. The Kier molecular flexibility index (Phi) is 7.21. The van der Waals surface area contributed by atoms with Crippen LogP contribution in [0.25, 0.3) is 0 Å². The molecular weight excluding hydrogens is 150 g/mol. The van der Waals surface area contributed by atoms with Crippen LogP contribution in [0.15, 0.2) is 12.7 Å². The monoisotopic (exact) mass is 165 g/mol. The van der Waals surface area contributed by atoms with Crippen LogP contribution in [0.3, 0.4) is 0 Å². The summed E-state index contributed by atoms with van der Waals surface area (Å²) in [6.45, 7) is 7.85. The van der Waals surface area contributed by atoms with Crippen molar-refractivity contribution in [1.82, 2.24) is 5.32 Å². The highest BCUT2D eigenvalue weighted by molar-refractivity contribution is 5.85. The summed E-state index contributed by atoms with van der Waals surface area (Å²) in [7, 11) is 0. The van der Waals surface area contributed by atoms with Gasteiger partial charge in [0.1, 0.15) is 5.72 Å². The number of nitrogens with one attached hydrogen (secondary N) is 1. The molecule has 0 radical (unpaired) electrons. The largest absolute Gasteiger partial charge is 0.376 e. The van der Waals surface area contributed by atoms with Crippen LogP contribution in [-0.4, -0.2) is 17.4 Å². The number of rotatable bonds is 4. The zero-order valence-electron chi connectivity index (χ0n) is 6.55. The van der Waals surface area contributed by atoms with E-state index in [1.165, 1.54) is 0 Å². The van der Waals surface area contributed by atoms with Crippen LogP contribution in [0.1, 0.15) is 20.3 Å². The van der Waals surface area contributed by atoms with Crippen LogP contribution in [-0.2, 0) is 0 Å². The summed E-state index contributed by atoms with van der Waals surface area (Å²) in [4.78, 5) is 0. The van der Waals surface area contributed by atoms with Crippen molar-refractivity contribution in [2.24, 2.45) is 0 Å². The van der Waals surface area contributed by atoms with Gasteiger partial charge in [0, 0.05) is 6.54 Å². The molecule has 62 valence electrons. The summed E-state index contributed by atoms with van der Waals surface area (Å²) in [5.41, 5.74) is -0.728. The molecule has 0 heterocycles. The normalized spacial score (nSPS) is 15.1. The lowest BCUT2D eigenvalue weighted by molar-refractivity contribution is 0.0241. The van der Waals surface area contributed by atoms with Crippen molar-refractivity contribution >= 4 is 12.4 Å². The van der Waals surface area contributed by atoms with Crippen molar-refractivity contribution in [3.63, 3.8) is 0 Å². The van der Waals surface area contributed by atoms with E-state index < -0.39 is 5.72 Å². The lowest BCUT2D eigenvalue weighted by Gasteiger charge is -2.21. The Labute approximate surface area is 68.7 Å². The molecule has 0 bridgehead atoms. The molecule has 0 spiro atoms. The van der Waals surface area contributed by atoms with Gasteiger partial charge in [-0.15, -0.1) is 19.0 Å². The first-order valence-corrected chi connectivity index (χ1v) is 3.20. The highest BCUT2D eigenvalue weighted by atomic mass is 35.5. The average molecular weight is 166 g/mol. The van der Waals surface area contributed by atoms with E-state index in [1.54, 1.807) is 13.0 Å². The Bertz CT molecular complexity index is 93.6. The van der Waals surface area contributed by atoms with Crippen LogP contribution >= 0.6 is 12.4 Å². The molecule has 3 heteroatoms. The standard InChI is InChI=1S/C7H15NO.ClH/c1-4-6-8-7(3,9)5-2;/h4,8-9H,1,5-6H2,2-3H3;1H. The number of halogens is 1. The zero-order valence-corrected chi connectivity index (χ0v) is 7.37. The van der Waals surface area contributed by atoms with Crippen LogP contribution in [0.5, 0.6) is 0 Å². The molecule has 0 rings (SSSR count). The van der Waals surface area contributed by atoms with Gasteiger partial charge in [-0.3, -0.25) is 5.32 Å². The fraction of sp³-hybridized carbons (Fsp3) is 0.714. The van der Waals surface area contributed by atoms with E-state index in [-0.39, 0.29) is 12.4 Å². The van der Waals surface area contributed by atoms with E-state index in [2.05, 4.69) is 11.9 Å². The van der Waals surface area contributed by atoms with Gasteiger partial charge in [-0.05, 0) is 13.3 Å². The molecule has 10 heavy (non-hydrogen) atoms. The third-order valence-electron chi connectivity index (χ3n) is 1.32. The minimum atomic E-state index is -0.728. The Morgan fingerprint density at radius 2 is 2.20 bits per heavy atom. The van der Waals surface area contributed by atoms with Crippen molar-refractivity contribution in [1.29, 1.82) is 0 Å². The summed E-state index contributed by atoms with van der Waals surface area (Å²) >= 11 is 0. The molecule has 0 saturated heterocycles. The van der Waals surface area contributed by atoms with Crippen LogP contribution in [0.4, 0.5) is 0 Å². The lowest BCUT2D eigenvalue weighted by Crippen LogP contribution is -2.41. The molecule has 0 fully saturated rings. The second-order valence-electron chi connectivity index (χ2n) is 2.30. The van der Waals surface area contributed by atoms with Crippen LogP contribution in [0.2, 0.25) is 0 Å². The number of hydrogen-bond donors (Lipinski definition) is 2. The van der Waals surface area contributed by atoms with Gasteiger partial charge >= 0.3 is 0 Å². The van der Waals surface area contributed by atoms with Crippen LogP contribution < -0.4 is 5.32 Å². The van der Waals surface area contributed by atoms with Gasteiger partial charge in [0.2, 0.25) is 0 Å². The molecule has 0 saturated carbocycles. The third-order valence-corrected chi connectivity index (χ3v) is 1.32. The second kappa shape index (κ2) is 5.71. The summed E-state index contributed by atoms with van der Waals surface area (Å²) in [5.74, 6) is 0. The third kappa shape index (κ3) is 6.08. The quantitative estimate of drug-likeness (QED) is 0.486. The maximum atomic E-state index is 9.30. The van der Waals surface area contributed by atoms with Crippen molar-refractivity contribution in [2.45, 2.75) is 26.0 Å². The number of hydrogen-bond acceptors (Lipinski definition) is 2. The predicted molar refractivity (Wildman–Crippen MR) is 46.4 cm³/mol. The van der Waals surface area contributed by atoms with Crippen molar-refractivity contribution < 1.29 is 5.11 Å². The first kappa shape index (κ1) is 12.6. The number of aliphatic hydroxyl groups is 1. The van der Waals surface area contributed by atoms with Crippen molar-refractivity contribution in [3.05, 3.63) is 12.7 Å². The second-order valence-corrected chi connectivity index (χ2v) is 2.30. The molecule has 0 aliphatic heterocycles. The Balaban J connectivity index is 0. The minimum absolute atomic E-state index is 0. The van der Waals surface area contributed by atoms with E-state index in [0.29, 0.717) is 13.0 Å². The Hall–Kier alpha value is -0.0500. The molecule has 1 unspecified atom stereocenters. The zero-order chi connectivity index (χ0) is 7.33. The molecule has 0 aromatic rings. The van der Waals surface area contributed by atoms with Gasteiger partial charge in [-0.25, -0.2) is 0 Å². The molecule has 2 nitrogen and oxygen atoms in total. The van der Waals surface area contributed by atoms with E-state index in [4.69, 9.17) is 0 Å². The van der Waals surface area contributed by atoms with Gasteiger partial charge < -0.3 is 5.11 Å². The van der Waals surface area contributed by atoms with Gasteiger partial charge in [0.15, 0.2) is 0 Å². The molecule has 0 aliphatic carbocycles. The first-order valence-electron chi connectivity index (χ1n) is 3.20. The first-order chi connectivity index (χ1) is 4.12. The predicted octanol–water partition coefficient (Wildman–Crippen LogP) is 1.30. The lowest BCUT2D eigenvalue weighted by atomic mass is 10.2. The Morgan fingerprint density at radius 3 is 2.50 bits per heavy atom. The maximum Gasteiger partial charge on any atom is 0.113 e. The van der Waals surface area contributed by atoms with Crippen molar-refractivity contribution in [3.8, 4) is 0 Å².